The Balaban J connectivity index is 3.59. The molecule has 1 aromatic rings. The third kappa shape index (κ3) is 2.04. The summed E-state index contributed by atoms with van der Waals surface area (Å²) < 4.78 is 2.31. The molecule has 0 bridgehead atoms. The van der Waals surface area contributed by atoms with Gasteiger partial charge in [-0.15, -0.1) is 0 Å². The van der Waals surface area contributed by atoms with Crippen molar-refractivity contribution in [2.45, 2.75) is 0 Å². The summed E-state index contributed by atoms with van der Waals surface area (Å²) in [4.78, 5) is 22.9. The molecule has 0 aliphatic heterocycles. The minimum Gasteiger partial charge on any atom is -0.270 e. The first-order valence-electron chi connectivity index (χ1n) is 4.36. The van der Waals surface area contributed by atoms with Crippen molar-refractivity contribution in [1.29, 1.82) is 0 Å². The van der Waals surface area contributed by atoms with Crippen molar-refractivity contribution in [2.75, 3.05) is 0 Å². The van der Waals surface area contributed by atoms with E-state index in [1.165, 1.54) is 23.9 Å². The molecule has 0 fully saturated rings. The van der Waals surface area contributed by atoms with Crippen molar-refractivity contribution in [3.63, 3.8) is 0 Å². The van der Waals surface area contributed by atoms with E-state index in [-0.39, 0.29) is 5.56 Å². The zero-order valence-electron chi connectivity index (χ0n) is 8.51. The summed E-state index contributed by atoms with van der Waals surface area (Å²) in [5, 5.41) is 0. The first-order chi connectivity index (χ1) is 7.11. The molecular formula is C11H12N2O2. The second-order valence-corrected chi connectivity index (χ2v) is 2.90. The van der Waals surface area contributed by atoms with Crippen molar-refractivity contribution in [1.82, 2.24) is 9.13 Å². The predicted molar refractivity (Wildman–Crippen MR) is 61.6 cm³/mol. The van der Waals surface area contributed by atoms with Crippen molar-refractivity contribution < 1.29 is 0 Å². The van der Waals surface area contributed by atoms with Crippen LogP contribution in [-0.2, 0) is 7.05 Å². The van der Waals surface area contributed by atoms with Gasteiger partial charge in [0.25, 0.3) is 5.56 Å². The smallest absolute Gasteiger partial charge is 0.270 e. The molecule has 0 saturated carbocycles. The van der Waals surface area contributed by atoms with Crippen LogP contribution in [0.4, 0.5) is 0 Å². The maximum absolute atomic E-state index is 11.6. The summed E-state index contributed by atoms with van der Waals surface area (Å²) in [6, 6.07) is 1.36. The fraction of sp³-hybridized carbons (Fsp3) is 0.0909. The lowest BCUT2D eigenvalue weighted by atomic mass is 10.3. The fourth-order valence-electron chi connectivity index (χ4n) is 1.14. The highest BCUT2D eigenvalue weighted by Crippen LogP contribution is 1.96. The van der Waals surface area contributed by atoms with Crippen molar-refractivity contribution in [2.24, 2.45) is 7.05 Å². The summed E-state index contributed by atoms with van der Waals surface area (Å²) in [7, 11) is 1.42. The number of hydrogen-bond donors (Lipinski definition) is 0. The summed E-state index contributed by atoms with van der Waals surface area (Å²) in [5.74, 6) is 0. The average molecular weight is 204 g/mol. The van der Waals surface area contributed by atoms with Crippen LogP contribution in [-0.4, -0.2) is 9.13 Å². The second kappa shape index (κ2) is 4.41. The lowest BCUT2D eigenvalue weighted by Gasteiger charge is -2.05. The van der Waals surface area contributed by atoms with Crippen LogP contribution in [0.15, 0.2) is 41.0 Å². The van der Waals surface area contributed by atoms with Gasteiger partial charge in [0.05, 0.1) is 5.69 Å². The molecule has 0 atom stereocenters. The van der Waals surface area contributed by atoms with Gasteiger partial charge in [-0.2, -0.15) is 0 Å². The first kappa shape index (κ1) is 11.0. The summed E-state index contributed by atoms with van der Waals surface area (Å²) >= 11 is 0. The van der Waals surface area contributed by atoms with Crippen LogP contribution in [0.5, 0.6) is 0 Å². The molecule has 0 spiro atoms. The molecule has 1 heterocycles. The molecule has 0 aliphatic carbocycles. The minimum absolute atomic E-state index is 0.346. The Kier molecular flexibility index (Phi) is 3.23. The van der Waals surface area contributed by atoms with Crippen LogP contribution in [0.3, 0.4) is 0 Å². The van der Waals surface area contributed by atoms with E-state index in [2.05, 4.69) is 13.2 Å². The molecule has 0 N–H and O–H groups in total. The van der Waals surface area contributed by atoms with E-state index >= 15 is 0 Å². The monoisotopic (exact) mass is 204 g/mol. The molecule has 1 rings (SSSR count). The summed E-state index contributed by atoms with van der Waals surface area (Å²) in [6.45, 7) is 7.03. The number of hydrogen-bond acceptors (Lipinski definition) is 2. The van der Waals surface area contributed by atoms with Crippen LogP contribution >= 0.6 is 0 Å². The van der Waals surface area contributed by atoms with Crippen LogP contribution in [0, 0.1) is 0 Å². The van der Waals surface area contributed by atoms with E-state index in [4.69, 9.17) is 0 Å². The van der Waals surface area contributed by atoms with Gasteiger partial charge in [0.2, 0.25) is 0 Å². The average Bonchev–Trinajstić information content (AvgIpc) is 2.23. The molecule has 4 heteroatoms. The van der Waals surface area contributed by atoms with E-state index in [0.29, 0.717) is 5.69 Å². The topological polar surface area (TPSA) is 44.0 Å². The Labute approximate surface area is 87.1 Å². The summed E-state index contributed by atoms with van der Waals surface area (Å²) in [5.41, 5.74) is -0.277. The molecule has 1 aromatic heterocycles. The molecule has 0 aromatic carbocycles. The van der Waals surface area contributed by atoms with Gasteiger partial charge in [0.1, 0.15) is 0 Å². The maximum Gasteiger partial charge on any atom is 0.335 e. The highest BCUT2D eigenvalue weighted by molar-refractivity contribution is 5.49. The Morgan fingerprint density at radius 1 is 1.33 bits per heavy atom. The third-order valence-corrected chi connectivity index (χ3v) is 1.96. The first-order valence-corrected chi connectivity index (χ1v) is 4.36. The number of nitrogens with zero attached hydrogens (tertiary/aromatic N) is 2. The van der Waals surface area contributed by atoms with E-state index in [0.717, 1.165) is 4.57 Å². The van der Waals surface area contributed by atoms with Crippen LogP contribution in [0.1, 0.15) is 5.69 Å². The Morgan fingerprint density at radius 3 is 2.53 bits per heavy atom. The van der Waals surface area contributed by atoms with Crippen LogP contribution < -0.4 is 11.2 Å². The van der Waals surface area contributed by atoms with Gasteiger partial charge in [-0.3, -0.25) is 13.9 Å². The van der Waals surface area contributed by atoms with E-state index < -0.39 is 5.69 Å². The molecule has 78 valence electrons. The van der Waals surface area contributed by atoms with Gasteiger partial charge in [-0.25, -0.2) is 4.79 Å². The quantitative estimate of drug-likeness (QED) is 0.685. The predicted octanol–water partition coefficient (Wildman–Crippen LogP) is 0.847. The lowest BCUT2D eigenvalue weighted by molar-refractivity contribution is 0.739. The largest absolute Gasteiger partial charge is 0.335 e. The molecule has 15 heavy (non-hydrogen) atoms. The van der Waals surface area contributed by atoms with Gasteiger partial charge in [0.15, 0.2) is 0 Å². The third-order valence-electron chi connectivity index (χ3n) is 1.96. The molecule has 4 nitrogen and oxygen atoms in total. The van der Waals surface area contributed by atoms with Crippen LogP contribution in [0.25, 0.3) is 12.3 Å². The Morgan fingerprint density at radius 2 is 2.00 bits per heavy atom. The molecule has 0 radical (unpaired) electrons. The zero-order chi connectivity index (χ0) is 11.4. The van der Waals surface area contributed by atoms with E-state index in [9.17, 15) is 9.59 Å². The molecule has 0 aliphatic rings. The zero-order valence-corrected chi connectivity index (χ0v) is 8.51. The maximum atomic E-state index is 11.6. The summed E-state index contributed by atoms with van der Waals surface area (Å²) in [6.07, 6.45) is 6.20. The molecule has 0 unspecified atom stereocenters. The lowest BCUT2D eigenvalue weighted by Crippen LogP contribution is -2.36. The Hall–Kier alpha value is -2.10. The normalized spacial score (nSPS) is 10.5. The van der Waals surface area contributed by atoms with Crippen molar-refractivity contribution in [3.05, 3.63) is 57.9 Å². The van der Waals surface area contributed by atoms with Gasteiger partial charge in [-0.1, -0.05) is 25.3 Å². The second-order valence-electron chi connectivity index (χ2n) is 2.90. The number of rotatable bonds is 3. The molecule has 0 saturated heterocycles. The number of aromatic nitrogens is 2. The SMILES string of the molecule is C=C/C=C\c1cc(=O)n(C)c(=O)n1C=C. The van der Waals surface area contributed by atoms with Gasteiger partial charge in [-0.05, 0) is 6.08 Å². The van der Waals surface area contributed by atoms with Gasteiger partial charge in [0, 0.05) is 19.3 Å². The van der Waals surface area contributed by atoms with Gasteiger partial charge < -0.3 is 0 Å². The van der Waals surface area contributed by atoms with E-state index in [1.807, 2.05) is 0 Å². The van der Waals surface area contributed by atoms with Crippen molar-refractivity contribution >= 4 is 12.3 Å². The molecule has 0 amide bonds. The standard InChI is InChI=1S/C11H12N2O2/c1-4-6-7-9-8-10(14)12(3)11(15)13(9)5-2/h4-8H,1-2H2,3H3/b7-6-. The fourth-order valence-corrected chi connectivity index (χ4v) is 1.14. The Bertz CT molecular complexity index is 532. The van der Waals surface area contributed by atoms with E-state index in [1.54, 1.807) is 18.2 Å². The van der Waals surface area contributed by atoms with Crippen molar-refractivity contribution in [3.8, 4) is 0 Å². The highest BCUT2D eigenvalue weighted by Gasteiger charge is 2.03. The van der Waals surface area contributed by atoms with Crippen LogP contribution in [0.2, 0.25) is 0 Å². The minimum atomic E-state index is -0.416. The number of allylic oxidation sites excluding steroid dienone is 2. The van der Waals surface area contributed by atoms with Gasteiger partial charge >= 0.3 is 5.69 Å². The molecular weight excluding hydrogens is 192 g/mol. The highest BCUT2D eigenvalue weighted by atomic mass is 16.2.